The highest BCUT2D eigenvalue weighted by Crippen LogP contribution is 1.95. The van der Waals surface area contributed by atoms with Gasteiger partial charge in [-0.15, -0.1) is 0 Å². The molecule has 1 aliphatic heterocycles. The van der Waals surface area contributed by atoms with E-state index in [1.54, 1.807) is 0 Å². The van der Waals surface area contributed by atoms with Gasteiger partial charge in [-0.3, -0.25) is 19.5 Å². The van der Waals surface area contributed by atoms with Crippen molar-refractivity contribution in [3.63, 3.8) is 0 Å². The molecule has 1 aromatic heterocycles. The number of hydrogen-bond acceptors (Lipinski definition) is 5. The maximum absolute atomic E-state index is 11.7. The van der Waals surface area contributed by atoms with Crippen molar-refractivity contribution in [2.45, 2.75) is 0 Å². The summed E-state index contributed by atoms with van der Waals surface area (Å²) in [7, 11) is 0. The zero-order valence-electron chi connectivity index (χ0n) is 10.4. The number of rotatable bonds is 4. The van der Waals surface area contributed by atoms with Crippen LogP contribution in [0.25, 0.3) is 0 Å². The van der Waals surface area contributed by atoms with Crippen molar-refractivity contribution in [1.82, 2.24) is 20.2 Å². The van der Waals surface area contributed by atoms with Crippen LogP contribution in [-0.2, 0) is 4.74 Å². The normalized spacial score (nSPS) is 16.2. The SMILES string of the molecule is O=C(NCCN1CCOCC1)c1cc(=O)[nH]c(=O)[nH]1. The van der Waals surface area contributed by atoms with Crippen LogP contribution in [0.5, 0.6) is 0 Å². The van der Waals surface area contributed by atoms with Crippen molar-refractivity contribution in [3.05, 3.63) is 32.6 Å². The van der Waals surface area contributed by atoms with E-state index in [9.17, 15) is 14.4 Å². The Morgan fingerprint density at radius 3 is 2.74 bits per heavy atom. The van der Waals surface area contributed by atoms with E-state index in [0.717, 1.165) is 19.2 Å². The zero-order chi connectivity index (χ0) is 13.7. The first-order valence-corrected chi connectivity index (χ1v) is 6.07. The first kappa shape index (κ1) is 13.5. The molecule has 0 unspecified atom stereocenters. The third kappa shape index (κ3) is 4.04. The monoisotopic (exact) mass is 268 g/mol. The van der Waals surface area contributed by atoms with Gasteiger partial charge in [0.1, 0.15) is 5.69 Å². The van der Waals surface area contributed by atoms with Gasteiger partial charge in [-0.05, 0) is 0 Å². The zero-order valence-corrected chi connectivity index (χ0v) is 10.4. The van der Waals surface area contributed by atoms with Crippen molar-refractivity contribution in [3.8, 4) is 0 Å². The number of carbonyl (C=O) groups is 1. The second kappa shape index (κ2) is 6.30. The first-order valence-electron chi connectivity index (χ1n) is 6.07. The van der Waals surface area contributed by atoms with E-state index < -0.39 is 17.2 Å². The molecule has 0 bridgehead atoms. The summed E-state index contributed by atoms with van der Waals surface area (Å²) in [6, 6.07) is 1.06. The van der Waals surface area contributed by atoms with E-state index in [2.05, 4.69) is 15.2 Å². The highest BCUT2D eigenvalue weighted by Gasteiger charge is 2.11. The molecule has 1 amide bonds. The number of H-pyrrole nitrogens is 2. The molecule has 0 aliphatic carbocycles. The average molecular weight is 268 g/mol. The Hall–Kier alpha value is -1.93. The molecule has 1 saturated heterocycles. The number of aromatic nitrogens is 2. The molecule has 19 heavy (non-hydrogen) atoms. The van der Waals surface area contributed by atoms with Gasteiger partial charge in [-0.25, -0.2) is 4.79 Å². The highest BCUT2D eigenvalue weighted by atomic mass is 16.5. The predicted molar refractivity (Wildman–Crippen MR) is 67.3 cm³/mol. The summed E-state index contributed by atoms with van der Waals surface area (Å²) in [4.78, 5) is 40.3. The lowest BCUT2D eigenvalue weighted by molar-refractivity contribution is 0.0383. The van der Waals surface area contributed by atoms with Gasteiger partial charge < -0.3 is 15.0 Å². The Kier molecular flexibility index (Phi) is 4.48. The van der Waals surface area contributed by atoms with E-state index in [-0.39, 0.29) is 5.69 Å². The molecule has 0 radical (unpaired) electrons. The Bertz CT molecular complexity index is 516. The molecule has 0 saturated carbocycles. The summed E-state index contributed by atoms with van der Waals surface area (Å²) < 4.78 is 5.22. The quantitative estimate of drug-likeness (QED) is 0.593. The molecular formula is C11H16N4O4. The smallest absolute Gasteiger partial charge is 0.326 e. The standard InChI is InChI=1S/C11H16N4O4/c16-9-7-8(13-11(18)14-9)10(17)12-1-2-15-3-5-19-6-4-15/h7H,1-6H2,(H,12,17)(H2,13,14,16,18). The molecule has 3 N–H and O–H groups in total. The second-order valence-electron chi connectivity index (χ2n) is 4.21. The van der Waals surface area contributed by atoms with Crippen LogP contribution >= 0.6 is 0 Å². The summed E-state index contributed by atoms with van der Waals surface area (Å²) in [5, 5.41) is 2.66. The number of ether oxygens (including phenoxy) is 1. The number of amides is 1. The minimum atomic E-state index is -0.689. The lowest BCUT2D eigenvalue weighted by Gasteiger charge is -2.26. The molecule has 1 aromatic rings. The third-order valence-electron chi connectivity index (χ3n) is 2.82. The molecule has 2 rings (SSSR count). The van der Waals surface area contributed by atoms with Gasteiger partial charge in [0.15, 0.2) is 0 Å². The van der Waals surface area contributed by atoms with Crippen LogP contribution in [-0.4, -0.2) is 60.2 Å². The maximum atomic E-state index is 11.7. The van der Waals surface area contributed by atoms with Crippen LogP contribution in [0.3, 0.4) is 0 Å². The van der Waals surface area contributed by atoms with Crippen molar-refractivity contribution in [1.29, 1.82) is 0 Å². The molecule has 104 valence electrons. The fourth-order valence-electron chi connectivity index (χ4n) is 1.84. The van der Waals surface area contributed by atoms with Crippen LogP contribution < -0.4 is 16.6 Å². The number of morpholine rings is 1. The Balaban J connectivity index is 1.83. The van der Waals surface area contributed by atoms with Crippen LogP contribution in [0.15, 0.2) is 15.7 Å². The molecule has 0 atom stereocenters. The average Bonchev–Trinajstić information content (AvgIpc) is 2.38. The van der Waals surface area contributed by atoms with Gasteiger partial charge in [-0.2, -0.15) is 0 Å². The largest absolute Gasteiger partial charge is 0.379 e. The van der Waals surface area contributed by atoms with Gasteiger partial charge in [0.05, 0.1) is 13.2 Å². The molecular weight excluding hydrogens is 252 g/mol. The van der Waals surface area contributed by atoms with Crippen molar-refractivity contribution < 1.29 is 9.53 Å². The molecule has 8 heteroatoms. The number of carbonyl (C=O) groups excluding carboxylic acids is 1. The maximum Gasteiger partial charge on any atom is 0.326 e. The summed E-state index contributed by atoms with van der Waals surface area (Å²) in [6.07, 6.45) is 0. The Morgan fingerprint density at radius 2 is 2.05 bits per heavy atom. The van der Waals surface area contributed by atoms with Gasteiger partial charge in [0.25, 0.3) is 11.5 Å². The summed E-state index contributed by atoms with van der Waals surface area (Å²) in [5.41, 5.74) is -1.32. The van der Waals surface area contributed by atoms with E-state index in [4.69, 9.17) is 4.74 Å². The van der Waals surface area contributed by atoms with E-state index in [0.29, 0.717) is 26.3 Å². The van der Waals surface area contributed by atoms with Crippen LogP contribution in [0, 0.1) is 0 Å². The lowest BCUT2D eigenvalue weighted by Crippen LogP contribution is -2.41. The molecule has 8 nitrogen and oxygen atoms in total. The minimum Gasteiger partial charge on any atom is -0.379 e. The Morgan fingerprint density at radius 1 is 1.32 bits per heavy atom. The van der Waals surface area contributed by atoms with E-state index in [1.165, 1.54) is 0 Å². The highest BCUT2D eigenvalue weighted by molar-refractivity contribution is 5.91. The molecule has 1 fully saturated rings. The summed E-state index contributed by atoms with van der Waals surface area (Å²) >= 11 is 0. The Labute approximate surface area is 108 Å². The summed E-state index contributed by atoms with van der Waals surface area (Å²) in [5.74, 6) is -0.462. The van der Waals surface area contributed by atoms with Gasteiger partial charge in [-0.1, -0.05) is 0 Å². The minimum absolute atomic E-state index is 0.0317. The predicted octanol–water partition coefficient (Wildman–Crippen LogP) is -1.87. The van der Waals surface area contributed by atoms with Crippen LogP contribution in [0.4, 0.5) is 0 Å². The van der Waals surface area contributed by atoms with E-state index in [1.807, 2.05) is 4.98 Å². The fourth-order valence-corrected chi connectivity index (χ4v) is 1.84. The molecule has 1 aliphatic rings. The fraction of sp³-hybridized carbons (Fsp3) is 0.545. The molecule has 0 aromatic carbocycles. The topological polar surface area (TPSA) is 107 Å². The van der Waals surface area contributed by atoms with Crippen LogP contribution in [0.2, 0.25) is 0 Å². The van der Waals surface area contributed by atoms with Gasteiger partial charge in [0.2, 0.25) is 0 Å². The van der Waals surface area contributed by atoms with Crippen molar-refractivity contribution >= 4 is 5.91 Å². The third-order valence-corrected chi connectivity index (χ3v) is 2.82. The molecule has 0 spiro atoms. The number of nitrogens with one attached hydrogen (secondary N) is 3. The van der Waals surface area contributed by atoms with Gasteiger partial charge in [0, 0.05) is 32.2 Å². The number of hydrogen-bond donors (Lipinski definition) is 3. The first-order chi connectivity index (χ1) is 9.15. The van der Waals surface area contributed by atoms with Crippen LogP contribution in [0.1, 0.15) is 10.5 Å². The summed E-state index contributed by atoms with van der Waals surface area (Å²) in [6.45, 7) is 4.26. The van der Waals surface area contributed by atoms with Gasteiger partial charge >= 0.3 is 5.69 Å². The number of nitrogens with zero attached hydrogens (tertiary/aromatic N) is 1. The number of aromatic amines is 2. The van der Waals surface area contributed by atoms with Crippen molar-refractivity contribution in [2.24, 2.45) is 0 Å². The van der Waals surface area contributed by atoms with E-state index >= 15 is 0 Å². The van der Waals surface area contributed by atoms with Crippen molar-refractivity contribution in [2.75, 3.05) is 39.4 Å². The second-order valence-corrected chi connectivity index (χ2v) is 4.21. The molecule has 2 heterocycles. The lowest BCUT2D eigenvalue weighted by atomic mass is 10.3.